The van der Waals surface area contributed by atoms with Crippen molar-refractivity contribution in [2.45, 2.75) is 25.9 Å². The quantitative estimate of drug-likeness (QED) is 0.219. The fourth-order valence-electron chi connectivity index (χ4n) is 1.67. The Balaban J connectivity index is 2.96. The smallest absolute Gasteiger partial charge is 0.422 e. The number of rotatable bonds is 5. The third-order valence-corrected chi connectivity index (χ3v) is 5.03. The maximum absolute atomic E-state index is 13.7. The number of esters is 2. The molecule has 0 aliphatic heterocycles. The number of benzene rings is 1. The first-order valence-corrected chi connectivity index (χ1v) is 9.80. The summed E-state index contributed by atoms with van der Waals surface area (Å²) in [7, 11) is 0. The fraction of sp³-hybridized carbons (Fsp3) is 0.357. The summed E-state index contributed by atoms with van der Waals surface area (Å²) in [5, 5.41) is 8.59. The van der Waals surface area contributed by atoms with Gasteiger partial charge >= 0.3 is 23.8 Å². The highest BCUT2D eigenvalue weighted by atomic mass is 127. The lowest BCUT2D eigenvalue weighted by Gasteiger charge is -2.26. The van der Waals surface area contributed by atoms with Crippen LogP contribution in [0, 0.1) is 16.6 Å². The summed E-state index contributed by atoms with van der Waals surface area (Å²) in [6.07, 6.45) is -2.31. The number of carbonyl (C=O) groups is 3. The average Bonchev–Trinajstić information content (AvgIpc) is 2.46. The van der Waals surface area contributed by atoms with Gasteiger partial charge in [-0.05, 0) is 85.8 Å². The van der Waals surface area contributed by atoms with E-state index in [1.54, 1.807) is 12.1 Å². The highest BCUT2D eigenvalue weighted by molar-refractivity contribution is 14.1. The predicted octanol–water partition coefficient (Wildman–Crippen LogP) is 3.69. The number of hydrogen-bond acceptors (Lipinski definition) is 5. The van der Waals surface area contributed by atoms with Gasteiger partial charge in [0, 0.05) is 3.57 Å². The fourth-order valence-corrected chi connectivity index (χ4v) is 5.48. The lowest BCUT2D eigenvalue weighted by Crippen LogP contribution is -2.48. The van der Waals surface area contributed by atoms with Crippen LogP contribution in [0.25, 0.3) is 0 Å². The van der Waals surface area contributed by atoms with Crippen LogP contribution in [0.1, 0.15) is 13.8 Å². The second-order valence-electron chi connectivity index (χ2n) is 5.09. The van der Waals surface area contributed by atoms with Crippen molar-refractivity contribution in [2.75, 3.05) is 0 Å². The van der Waals surface area contributed by atoms with Crippen molar-refractivity contribution in [1.82, 2.24) is 0 Å². The normalized spacial score (nSPS) is 12.6. The van der Waals surface area contributed by atoms with E-state index < -0.39 is 35.9 Å². The van der Waals surface area contributed by atoms with Crippen molar-refractivity contribution in [1.29, 1.82) is 0 Å². The van der Waals surface area contributed by atoms with Gasteiger partial charge < -0.3 is 14.6 Å². The van der Waals surface area contributed by atoms with Crippen molar-refractivity contribution in [2.24, 2.45) is 5.92 Å². The first-order chi connectivity index (χ1) is 11.4. The molecule has 1 atom stereocenters. The van der Waals surface area contributed by atoms with Crippen LogP contribution >= 0.6 is 67.8 Å². The van der Waals surface area contributed by atoms with Crippen molar-refractivity contribution >= 4 is 85.7 Å². The molecule has 0 aliphatic carbocycles. The molecular weight excluding hydrogens is 683 g/mol. The molecule has 1 aromatic rings. The molecule has 0 radical (unpaired) electrons. The molecule has 0 saturated heterocycles. The van der Waals surface area contributed by atoms with Crippen molar-refractivity contribution in [3.63, 3.8) is 0 Å². The monoisotopic (exact) mass is 694 g/mol. The van der Waals surface area contributed by atoms with E-state index in [0.717, 1.165) is 3.57 Å². The number of ether oxygens (including phenoxy) is 2. The summed E-state index contributed by atoms with van der Waals surface area (Å²) < 4.78 is 38.6. The van der Waals surface area contributed by atoms with Gasteiger partial charge in [-0.3, -0.25) is 0 Å². The summed E-state index contributed by atoms with van der Waals surface area (Å²) >= 11 is 5.83. The molecule has 0 amide bonds. The van der Waals surface area contributed by atoms with Gasteiger partial charge in [-0.1, -0.05) is 13.8 Å². The molecule has 138 valence electrons. The molecule has 1 rings (SSSR count). The van der Waals surface area contributed by atoms with Gasteiger partial charge in [0.2, 0.25) is 0 Å². The Morgan fingerprint density at radius 3 is 1.96 bits per heavy atom. The first-order valence-electron chi connectivity index (χ1n) is 6.56. The van der Waals surface area contributed by atoms with Gasteiger partial charge in [-0.2, -0.15) is 8.78 Å². The van der Waals surface area contributed by atoms with Crippen LogP contribution in [-0.2, 0) is 19.1 Å². The van der Waals surface area contributed by atoms with Crippen LogP contribution in [0.2, 0.25) is 0 Å². The maximum atomic E-state index is 13.7. The van der Waals surface area contributed by atoms with Gasteiger partial charge in [-0.25, -0.2) is 14.4 Å². The Bertz CT molecular complexity index is 685. The number of carboxylic acid groups (broad SMARTS) is 1. The van der Waals surface area contributed by atoms with Gasteiger partial charge in [-0.15, -0.1) is 0 Å². The summed E-state index contributed by atoms with van der Waals surface area (Å²) in [6.45, 7) is 2.48. The van der Waals surface area contributed by atoms with E-state index in [1.807, 2.05) is 45.2 Å². The predicted molar refractivity (Wildman–Crippen MR) is 108 cm³/mol. The van der Waals surface area contributed by atoms with E-state index >= 15 is 0 Å². The SMILES string of the molecule is CC(C)C(OC(=O)C(=O)Oc1c(I)cc(I)cc1I)C(F)(F)C(=O)O. The molecular formula is C14H11F2I3O6. The lowest BCUT2D eigenvalue weighted by molar-refractivity contribution is -0.201. The number of alkyl halides is 2. The highest BCUT2D eigenvalue weighted by Gasteiger charge is 2.52. The van der Waals surface area contributed by atoms with Crippen LogP contribution in [0.15, 0.2) is 12.1 Å². The Morgan fingerprint density at radius 1 is 1.08 bits per heavy atom. The Morgan fingerprint density at radius 2 is 1.56 bits per heavy atom. The summed E-state index contributed by atoms with van der Waals surface area (Å²) in [6, 6.07) is 3.37. The first kappa shape index (κ1) is 22.7. The Kier molecular flexibility index (Phi) is 8.23. The van der Waals surface area contributed by atoms with Crippen LogP contribution in [0.3, 0.4) is 0 Å². The molecule has 0 heterocycles. The molecule has 6 nitrogen and oxygen atoms in total. The molecule has 11 heteroatoms. The molecule has 25 heavy (non-hydrogen) atoms. The third kappa shape index (κ3) is 5.83. The highest BCUT2D eigenvalue weighted by Crippen LogP contribution is 2.31. The summed E-state index contributed by atoms with van der Waals surface area (Å²) in [4.78, 5) is 34.3. The van der Waals surface area contributed by atoms with E-state index in [0.29, 0.717) is 7.14 Å². The van der Waals surface area contributed by atoms with Gasteiger partial charge in [0.1, 0.15) is 0 Å². The zero-order valence-electron chi connectivity index (χ0n) is 12.7. The second kappa shape index (κ2) is 9.05. The van der Waals surface area contributed by atoms with Crippen molar-refractivity contribution < 1.29 is 37.7 Å². The summed E-state index contributed by atoms with van der Waals surface area (Å²) in [5.74, 6) is -10.9. The number of hydrogen-bond donors (Lipinski definition) is 1. The Labute approximate surface area is 182 Å². The average molecular weight is 694 g/mol. The molecule has 1 unspecified atom stereocenters. The minimum atomic E-state index is -4.34. The van der Waals surface area contributed by atoms with Gasteiger partial charge in [0.25, 0.3) is 0 Å². The van der Waals surface area contributed by atoms with Crippen LogP contribution in [0.5, 0.6) is 5.75 Å². The van der Waals surface area contributed by atoms with Gasteiger partial charge in [0.05, 0.1) is 7.14 Å². The largest absolute Gasteiger partial charge is 0.477 e. The van der Waals surface area contributed by atoms with E-state index in [4.69, 9.17) is 9.84 Å². The zero-order chi connectivity index (χ0) is 19.5. The number of halogens is 5. The van der Waals surface area contributed by atoms with Gasteiger partial charge in [0.15, 0.2) is 11.9 Å². The van der Waals surface area contributed by atoms with Crippen molar-refractivity contribution in [3.8, 4) is 5.75 Å². The Hall–Kier alpha value is -0.320. The molecule has 0 aliphatic rings. The van der Waals surface area contributed by atoms with E-state index in [9.17, 15) is 23.2 Å². The number of aliphatic carboxylic acids is 1. The molecule has 1 N–H and O–H groups in total. The third-order valence-electron chi connectivity index (χ3n) is 2.81. The van der Waals surface area contributed by atoms with E-state index in [-0.39, 0.29) is 5.75 Å². The topological polar surface area (TPSA) is 89.9 Å². The minimum Gasteiger partial charge on any atom is -0.477 e. The van der Waals surface area contributed by atoms with Crippen LogP contribution in [0.4, 0.5) is 8.78 Å². The minimum absolute atomic E-state index is 0.0923. The number of carbonyl (C=O) groups excluding carboxylic acids is 2. The van der Waals surface area contributed by atoms with Crippen LogP contribution in [-0.4, -0.2) is 35.0 Å². The van der Waals surface area contributed by atoms with E-state index in [2.05, 4.69) is 27.3 Å². The standard InChI is InChI=1S/C14H11F2I3O6/c1-5(2)10(14(15,16)13(22)23)25-12(21)11(20)24-9-7(18)3-6(17)4-8(9)19/h3-5,10H,1-2H3,(H,22,23). The molecule has 0 saturated carbocycles. The molecule has 0 bridgehead atoms. The second-order valence-corrected chi connectivity index (χ2v) is 8.66. The maximum Gasteiger partial charge on any atom is 0.422 e. The molecule has 1 aromatic carbocycles. The lowest BCUT2D eigenvalue weighted by atomic mass is 10.0. The van der Waals surface area contributed by atoms with Crippen LogP contribution < -0.4 is 4.74 Å². The molecule has 0 fully saturated rings. The van der Waals surface area contributed by atoms with E-state index in [1.165, 1.54) is 13.8 Å². The number of carboxylic acids is 1. The molecule has 0 aromatic heterocycles. The summed E-state index contributed by atoms with van der Waals surface area (Å²) in [5.41, 5.74) is 0. The van der Waals surface area contributed by atoms with Crippen molar-refractivity contribution in [3.05, 3.63) is 22.8 Å². The zero-order valence-corrected chi connectivity index (χ0v) is 19.2. The molecule has 0 spiro atoms.